The van der Waals surface area contributed by atoms with E-state index < -0.39 is 63.6 Å². The summed E-state index contributed by atoms with van der Waals surface area (Å²) in [6, 6.07) is -1.23. The number of ketones is 2. The van der Waals surface area contributed by atoms with Crippen LogP contribution in [0.3, 0.4) is 0 Å². The summed E-state index contributed by atoms with van der Waals surface area (Å²) in [6.07, 6.45) is 28.3. The second kappa shape index (κ2) is 33.6. The van der Waals surface area contributed by atoms with Crippen molar-refractivity contribution < 1.29 is 67.5 Å². The molecule has 0 aromatic heterocycles. The van der Waals surface area contributed by atoms with E-state index in [9.17, 15) is 38.8 Å². The number of carbonyl (C=O) groups is 3. The van der Waals surface area contributed by atoms with E-state index in [-0.39, 0.29) is 25.8 Å². The van der Waals surface area contributed by atoms with Gasteiger partial charge in [0.25, 0.3) is 0 Å². The average molecular weight is 860 g/mol. The van der Waals surface area contributed by atoms with Gasteiger partial charge in [-0.3, -0.25) is 18.9 Å². The number of carbonyl (C=O) groups excluding carboxylic acids is 2. The van der Waals surface area contributed by atoms with E-state index in [0.29, 0.717) is 12.8 Å². The van der Waals surface area contributed by atoms with E-state index in [1.807, 2.05) is 0 Å². The van der Waals surface area contributed by atoms with E-state index in [1.165, 1.54) is 116 Å². The van der Waals surface area contributed by atoms with Crippen molar-refractivity contribution in [2.75, 3.05) is 13.2 Å². The van der Waals surface area contributed by atoms with E-state index in [4.69, 9.17) is 19.8 Å². The third-order valence-corrected chi connectivity index (χ3v) is 12.6. The molecule has 338 valence electrons. The minimum Gasteiger partial charge on any atom is -0.480 e. The van der Waals surface area contributed by atoms with Crippen LogP contribution in [0, 0.1) is 0 Å². The van der Waals surface area contributed by atoms with Crippen LogP contribution in [0.5, 0.6) is 0 Å². The van der Waals surface area contributed by atoms with Crippen LogP contribution in [0.15, 0.2) is 0 Å². The number of unbranched alkanes of at least 4 members (excludes halogenated alkanes) is 24. The zero-order valence-electron chi connectivity index (χ0n) is 35.0. The number of phosphoric acid groups is 2. The molecule has 1 aliphatic rings. The number of aliphatic carboxylic acids is 1. The fourth-order valence-electron chi connectivity index (χ4n) is 7.01. The normalized spacial score (nSPS) is 17.5. The molecule has 8 N–H and O–H groups in total. The molecule has 0 amide bonds. The summed E-state index contributed by atoms with van der Waals surface area (Å²) in [5.41, 5.74) is -2.47. The van der Waals surface area contributed by atoms with Crippen LogP contribution < -0.4 is 5.32 Å². The molecule has 1 saturated heterocycles. The van der Waals surface area contributed by atoms with E-state index in [2.05, 4.69) is 28.0 Å². The van der Waals surface area contributed by atoms with Crippen LogP contribution in [-0.2, 0) is 32.3 Å². The minimum atomic E-state index is -5.19. The number of rotatable bonds is 37. The maximum atomic E-state index is 12.8. The monoisotopic (exact) mass is 859 g/mol. The molecule has 1 heterocycles. The van der Waals surface area contributed by atoms with Gasteiger partial charge in [0.15, 0.2) is 11.6 Å². The van der Waals surface area contributed by atoms with Crippen LogP contribution in [0.25, 0.3) is 0 Å². The van der Waals surface area contributed by atoms with Crippen molar-refractivity contribution in [3.8, 4) is 0 Å². The number of hydrogen-bond acceptors (Lipinski definition) is 11. The van der Waals surface area contributed by atoms with Gasteiger partial charge in [-0.05, 0) is 25.8 Å². The predicted molar refractivity (Wildman–Crippen MR) is 221 cm³/mol. The largest absolute Gasteiger partial charge is 0.481 e. The molecule has 0 aromatic rings. The number of carboxylic acid groups (broad SMARTS) is 1. The van der Waals surface area contributed by atoms with Gasteiger partial charge < -0.3 is 40.4 Å². The van der Waals surface area contributed by atoms with Gasteiger partial charge in [0.2, 0.25) is 5.60 Å². The number of nitrogens with one attached hydrogen (secondary N) is 1. The first-order valence-corrected chi connectivity index (χ1v) is 24.9. The maximum Gasteiger partial charge on any atom is 0.481 e. The molecule has 0 radical (unpaired) electrons. The molecule has 1 aliphatic heterocycles. The van der Waals surface area contributed by atoms with Crippen LogP contribution in [0.4, 0.5) is 0 Å². The lowest BCUT2D eigenvalue weighted by atomic mass is 9.82. The van der Waals surface area contributed by atoms with Gasteiger partial charge in [0.05, 0.1) is 12.7 Å². The summed E-state index contributed by atoms with van der Waals surface area (Å²) < 4.78 is 29.5. The summed E-state index contributed by atoms with van der Waals surface area (Å²) in [5, 5.41) is 41.7. The maximum absolute atomic E-state index is 12.8. The number of carboxylic acids is 1. The summed E-state index contributed by atoms with van der Waals surface area (Å²) in [6.45, 7) is 3.92. The molecular formula is C40H79NO14P2. The van der Waals surface area contributed by atoms with Crippen LogP contribution >= 0.6 is 15.6 Å². The van der Waals surface area contributed by atoms with Crippen molar-refractivity contribution in [3.05, 3.63) is 0 Å². The van der Waals surface area contributed by atoms with Crippen molar-refractivity contribution in [1.82, 2.24) is 5.32 Å². The quantitative estimate of drug-likeness (QED) is 0.0166. The zero-order chi connectivity index (χ0) is 43.0. The Bertz CT molecular complexity index is 1110. The Kier molecular flexibility index (Phi) is 33.0. The minimum absolute atomic E-state index is 0.0651. The SMILES string of the molecule is CCCCCCCCCCCCCCCC(=O)C(O)(C(=O)CCCCCCCCCCCCCCC)C(O)CO.O=C(O)[C@H]1NCCC1OP(=O)(O)OP(=O)(O)O. The number of aliphatic hydroxyl groups is 3. The highest BCUT2D eigenvalue weighted by molar-refractivity contribution is 7.60. The van der Waals surface area contributed by atoms with Gasteiger partial charge >= 0.3 is 21.6 Å². The lowest BCUT2D eigenvalue weighted by Gasteiger charge is -2.29. The molecule has 4 atom stereocenters. The second-order valence-electron chi connectivity index (χ2n) is 15.5. The fraction of sp³-hybridized carbons (Fsp3) is 0.925. The first-order chi connectivity index (χ1) is 27.1. The number of hydrogen-bond donors (Lipinski definition) is 8. The molecule has 0 aromatic carbocycles. The lowest BCUT2D eigenvalue weighted by Crippen LogP contribution is -2.57. The highest BCUT2D eigenvalue weighted by Crippen LogP contribution is 2.58. The smallest absolute Gasteiger partial charge is 0.480 e. The molecule has 0 saturated carbocycles. The van der Waals surface area contributed by atoms with Crippen LogP contribution in [-0.4, -0.2) is 89.6 Å². The van der Waals surface area contributed by atoms with E-state index in [0.717, 1.165) is 38.5 Å². The van der Waals surface area contributed by atoms with Crippen molar-refractivity contribution in [3.63, 3.8) is 0 Å². The lowest BCUT2D eigenvalue weighted by molar-refractivity contribution is -0.166. The molecular weight excluding hydrogens is 780 g/mol. The van der Waals surface area contributed by atoms with Crippen LogP contribution in [0.2, 0.25) is 0 Å². The number of phosphoric ester groups is 1. The Balaban J connectivity index is 0.00000152. The third-order valence-electron chi connectivity index (χ3n) is 10.4. The Morgan fingerprint density at radius 3 is 1.28 bits per heavy atom. The first kappa shape index (κ1) is 55.9. The van der Waals surface area contributed by atoms with Gasteiger partial charge in [-0.15, -0.1) is 0 Å². The topological polar surface area (TPSA) is 257 Å². The van der Waals surface area contributed by atoms with Gasteiger partial charge in [-0.25, -0.2) is 9.13 Å². The zero-order valence-corrected chi connectivity index (χ0v) is 36.8. The van der Waals surface area contributed by atoms with Crippen molar-refractivity contribution in [2.24, 2.45) is 0 Å². The summed E-state index contributed by atoms with van der Waals surface area (Å²) in [7, 11) is -10.2. The van der Waals surface area contributed by atoms with Gasteiger partial charge in [-0.2, -0.15) is 4.31 Å². The predicted octanol–water partition coefficient (Wildman–Crippen LogP) is 8.20. The summed E-state index contributed by atoms with van der Waals surface area (Å²) in [5.74, 6) is -2.59. The molecule has 17 heteroatoms. The molecule has 15 nitrogen and oxygen atoms in total. The van der Waals surface area contributed by atoms with E-state index in [1.54, 1.807) is 0 Å². The molecule has 1 fully saturated rings. The molecule has 1 rings (SSSR count). The number of aliphatic hydroxyl groups excluding tert-OH is 2. The standard InChI is InChI=1S/C35H68O5.C5H11NO9P2/c1-3-5-7-9-11-13-15-17-19-21-23-25-27-29-32(37)35(40,34(39)31-36)33(38)30-28-26-24-22-20-18-16-14-12-10-8-6-4-2;7-5(8)4-3(1-2-6-4)14-17(12,13)15-16(9,10)11/h34,36,39-40H,3-31H2,1-2H3;3-4,6H,1-2H2,(H,7,8)(H,12,13)(H2,9,10,11)/t;3?,4-/m.0/s1. The van der Waals surface area contributed by atoms with Gasteiger partial charge in [0, 0.05) is 12.8 Å². The molecule has 0 aliphatic carbocycles. The molecule has 57 heavy (non-hydrogen) atoms. The Labute approximate surface area is 342 Å². The Morgan fingerprint density at radius 1 is 0.649 bits per heavy atom. The molecule has 3 unspecified atom stereocenters. The first-order valence-electron chi connectivity index (χ1n) is 21.9. The Morgan fingerprint density at radius 2 is 0.982 bits per heavy atom. The highest BCUT2D eigenvalue weighted by Gasteiger charge is 2.48. The van der Waals surface area contributed by atoms with Crippen molar-refractivity contribution in [1.29, 1.82) is 0 Å². The average Bonchev–Trinajstić information content (AvgIpc) is 3.61. The van der Waals surface area contributed by atoms with Crippen molar-refractivity contribution >= 4 is 33.2 Å². The third kappa shape index (κ3) is 28.1. The highest BCUT2D eigenvalue weighted by atomic mass is 31.3. The fourth-order valence-corrected chi connectivity index (χ4v) is 8.81. The van der Waals surface area contributed by atoms with Crippen molar-refractivity contribution in [2.45, 2.75) is 224 Å². The molecule has 0 bridgehead atoms. The number of Topliss-reactive ketones (excluding diaryl/α,β-unsaturated/α-hetero) is 2. The van der Waals surface area contributed by atoms with Gasteiger partial charge in [0.1, 0.15) is 12.1 Å². The second-order valence-corrected chi connectivity index (χ2v) is 18.3. The van der Waals surface area contributed by atoms with Gasteiger partial charge in [-0.1, -0.05) is 168 Å². The van der Waals surface area contributed by atoms with E-state index >= 15 is 0 Å². The molecule has 0 spiro atoms. The summed E-state index contributed by atoms with van der Waals surface area (Å²) in [4.78, 5) is 62.0. The summed E-state index contributed by atoms with van der Waals surface area (Å²) >= 11 is 0. The van der Waals surface area contributed by atoms with Crippen LogP contribution in [0.1, 0.15) is 200 Å². The Hall–Kier alpha value is -1.09.